The number of carbonyl (C=O) groups excluding carboxylic acids is 1. The maximum atomic E-state index is 12.1. The molecule has 0 spiro atoms. The third-order valence-electron chi connectivity index (χ3n) is 4.20. The SMILES string of the molecule is CCCOC1(CNC(=O)C2COCCN2)CCCCC1.Cl. The Bertz CT molecular complexity index is 303. The van der Waals surface area contributed by atoms with Gasteiger partial charge in [-0.15, -0.1) is 12.4 Å². The van der Waals surface area contributed by atoms with Gasteiger partial charge in [0.25, 0.3) is 0 Å². The highest BCUT2D eigenvalue weighted by atomic mass is 35.5. The third kappa shape index (κ3) is 5.74. The summed E-state index contributed by atoms with van der Waals surface area (Å²) in [6.45, 7) is 5.43. The summed E-state index contributed by atoms with van der Waals surface area (Å²) < 4.78 is 11.4. The molecule has 1 saturated carbocycles. The van der Waals surface area contributed by atoms with E-state index < -0.39 is 0 Å². The van der Waals surface area contributed by atoms with Gasteiger partial charge in [-0.2, -0.15) is 0 Å². The Morgan fingerprint density at radius 3 is 2.76 bits per heavy atom. The second-order valence-electron chi connectivity index (χ2n) is 5.89. The highest BCUT2D eigenvalue weighted by molar-refractivity contribution is 5.85. The van der Waals surface area contributed by atoms with Gasteiger partial charge in [-0.05, 0) is 19.3 Å². The minimum Gasteiger partial charge on any atom is -0.378 e. The van der Waals surface area contributed by atoms with Gasteiger partial charge >= 0.3 is 0 Å². The first-order valence-electron chi connectivity index (χ1n) is 7.98. The Morgan fingerprint density at radius 1 is 1.38 bits per heavy atom. The number of hydrogen-bond acceptors (Lipinski definition) is 4. The minimum absolute atomic E-state index is 0. The summed E-state index contributed by atoms with van der Waals surface area (Å²) in [5, 5.41) is 6.25. The van der Waals surface area contributed by atoms with Gasteiger partial charge in [0.1, 0.15) is 6.04 Å². The number of halogens is 1. The van der Waals surface area contributed by atoms with Crippen molar-refractivity contribution in [1.82, 2.24) is 10.6 Å². The molecule has 0 aromatic carbocycles. The summed E-state index contributed by atoms with van der Waals surface area (Å²) >= 11 is 0. The second-order valence-corrected chi connectivity index (χ2v) is 5.89. The maximum absolute atomic E-state index is 12.1. The lowest BCUT2D eigenvalue weighted by Crippen LogP contribution is -2.55. The second kappa shape index (κ2) is 9.62. The lowest BCUT2D eigenvalue weighted by molar-refractivity contribution is -0.129. The Hall–Kier alpha value is -0.360. The number of hydrogen-bond donors (Lipinski definition) is 2. The van der Waals surface area contributed by atoms with E-state index in [-0.39, 0.29) is 30.0 Å². The summed E-state index contributed by atoms with van der Waals surface area (Å²) in [6.07, 6.45) is 6.81. The molecule has 0 radical (unpaired) electrons. The van der Waals surface area contributed by atoms with Crippen molar-refractivity contribution >= 4 is 18.3 Å². The Labute approximate surface area is 133 Å². The number of amides is 1. The molecule has 21 heavy (non-hydrogen) atoms. The predicted octanol–water partition coefficient (Wildman–Crippen LogP) is 1.64. The van der Waals surface area contributed by atoms with Crippen molar-refractivity contribution in [2.75, 3.05) is 32.9 Å². The van der Waals surface area contributed by atoms with Crippen LogP contribution in [-0.2, 0) is 14.3 Å². The summed E-state index contributed by atoms with van der Waals surface area (Å²) in [7, 11) is 0. The van der Waals surface area contributed by atoms with Crippen molar-refractivity contribution in [2.45, 2.75) is 57.1 Å². The van der Waals surface area contributed by atoms with Crippen LogP contribution < -0.4 is 10.6 Å². The van der Waals surface area contributed by atoms with Crippen LogP contribution in [0.5, 0.6) is 0 Å². The fourth-order valence-corrected chi connectivity index (χ4v) is 2.99. The molecule has 2 aliphatic rings. The van der Waals surface area contributed by atoms with Gasteiger partial charge in [0.2, 0.25) is 5.91 Å². The van der Waals surface area contributed by atoms with Gasteiger partial charge in [0, 0.05) is 19.7 Å². The van der Waals surface area contributed by atoms with E-state index in [4.69, 9.17) is 9.47 Å². The third-order valence-corrected chi connectivity index (χ3v) is 4.20. The van der Waals surface area contributed by atoms with E-state index in [1.807, 2.05) is 0 Å². The highest BCUT2D eigenvalue weighted by Crippen LogP contribution is 2.31. The van der Waals surface area contributed by atoms with Crippen LogP contribution in [0.25, 0.3) is 0 Å². The standard InChI is InChI=1S/C15H28N2O3.ClH/c1-2-9-20-15(6-4-3-5-7-15)12-17-14(18)13-11-19-10-8-16-13;/h13,16H,2-12H2,1H3,(H,17,18);1H. The van der Waals surface area contributed by atoms with Crippen LogP contribution in [-0.4, -0.2) is 50.5 Å². The van der Waals surface area contributed by atoms with E-state index in [1.54, 1.807) is 0 Å². The van der Waals surface area contributed by atoms with Crippen LogP contribution in [0.1, 0.15) is 45.4 Å². The molecule has 0 aromatic heterocycles. The zero-order chi connectivity index (χ0) is 14.3. The van der Waals surface area contributed by atoms with E-state index in [0.29, 0.717) is 19.8 Å². The maximum Gasteiger partial charge on any atom is 0.239 e. The van der Waals surface area contributed by atoms with Crippen molar-refractivity contribution in [3.63, 3.8) is 0 Å². The van der Waals surface area contributed by atoms with Crippen molar-refractivity contribution in [1.29, 1.82) is 0 Å². The zero-order valence-electron chi connectivity index (χ0n) is 13.0. The highest BCUT2D eigenvalue weighted by Gasteiger charge is 2.34. The smallest absolute Gasteiger partial charge is 0.239 e. The molecule has 1 aliphatic carbocycles. The fraction of sp³-hybridized carbons (Fsp3) is 0.933. The topological polar surface area (TPSA) is 59.6 Å². The van der Waals surface area contributed by atoms with Gasteiger partial charge in [-0.3, -0.25) is 4.79 Å². The van der Waals surface area contributed by atoms with Crippen molar-refractivity contribution in [2.24, 2.45) is 0 Å². The van der Waals surface area contributed by atoms with Gasteiger partial charge in [0.05, 0.1) is 18.8 Å². The quantitative estimate of drug-likeness (QED) is 0.781. The molecule has 1 aliphatic heterocycles. The molecule has 2 N–H and O–H groups in total. The number of ether oxygens (including phenoxy) is 2. The molecule has 5 nitrogen and oxygen atoms in total. The molecule has 1 amide bonds. The van der Waals surface area contributed by atoms with Gasteiger partial charge in [-0.1, -0.05) is 26.2 Å². The minimum atomic E-state index is -0.212. The van der Waals surface area contributed by atoms with Crippen LogP contribution in [0.4, 0.5) is 0 Å². The monoisotopic (exact) mass is 320 g/mol. The van der Waals surface area contributed by atoms with Crippen LogP contribution in [0, 0.1) is 0 Å². The first-order valence-corrected chi connectivity index (χ1v) is 7.98. The van der Waals surface area contributed by atoms with Crippen LogP contribution in [0.2, 0.25) is 0 Å². The summed E-state index contributed by atoms with van der Waals surface area (Å²) in [5.41, 5.74) is -0.139. The van der Waals surface area contributed by atoms with Gasteiger partial charge in [-0.25, -0.2) is 0 Å². The molecule has 6 heteroatoms. The molecule has 1 saturated heterocycles. The average molecular weight is 321 g/mol. The lowest BCUT2D eigenvalue weighted by atomic mass is 9.84. The van der Waals surface area contributed by atoms with E-state index in [1.165, 1.54) is 19.3 Å². The normalized spacial score (nSPS) is 24.9. The summed E-state index contributed by atoms with van der Waals surface area (Å²) in [5.74, 6) is 0.0368. The molecule has 1 heterocycles. The van der Waals surface area contributed by atoms with Crippen molar-refractivity contribution in [3.8, 4) is 0 Å². The molecule has 124 valence electrons. The Balaban J connectivity index is 0.00000220. The number of rotatable bonds is 6. The Kier molecular flexibility index (Phi) is 8.56. The number of nitrogens with one attached hydrogen (secondary N) is 2. The van der Waals surface area contributed by atoms with E-state index in [9.17, 15) is 4.79 Å². The van der Waals surface area contributed by atoms with E-state index in [0.717, 1.165) is 32.4 Å². The summed E-state index contributed by atoms with van der Waals surface area (Å²) in [4.78, 5) is 12.1. The molecule has 0 aromatic rings. The lowest BCUT2D eigenvalue weighted by Gasteiger charge is -2.38. The van der Waals surface area contributed by atoms with E-state index >= 15 is 0 Å². The largest absolute Gasteiger partial charge is 0.378 e. The first kappa shape index (κ1) is 18.7. The molecule has 0 bridgehead atoms. The summed E-state index contributed by atoms with van der Waals surface area (Å²) in [6, 6.07) is -0.212. The molecular weight excluding hydrogens is 292 g/mol. The first-order chi connectivity index (χ1) is 9.76. The van der Waals surface area contributed by atoms with Gasteiger partial charge < -0.3 is 20.1 Å². The van der Waals surface area contributed by atoms with Gasteiger partial charge in [0.15, 0.2) is 0 Å². The van der Waals surface area contributed by atoms with Crippen molar-refractivity contribution < 1.29 is 14.3 Å². The predicted molar refractivity (Wildman–Crippen MR) is 84.9 cm³/mol. The fourth-order valence-electron chi connectivity index (χ4n) is 2.99. The Morgan fingerprint density at radius 2 is 2.14 bits per heavy atom. The average Bonchev–Trinajstić information content (AvgIpc) is 2.52. The van der Waals surface area contributed by atoms with E-state index in [2.05, 4.69) is 17.6 Å². The zero-order valence-corrected chi connectivity index (χ0v) is 13.8. The number of carbonyl (C=O) groups is 1. The van der Waals surface area contributed by atoms with Crippen LogP contribution in [0.3, 0.4) is 0 Å². The molecule has 2 rings (SSSR count). The number of morpholine rings is 1. The molecule has 1 unspecified atom stereocenters. The van der Waals surface area contributed by atoms with Crippen LogP contribution in [0.15, 0.2) is 0 Å². The van der Waals surface area contributed by atoms with Crippen LogP contribution >= 0.6 is 12.4 Å². The molecule has 2 fully saturated rings. The van der Waals surface area contributed by atoms with Crippen molar-refractivity contribution in [3.05, 3.63) is 0 Å². The molecule has 1 atom stereocenters. The molecular formula is C15H29ClN2O3.